The van der Waals surface area contributed by atoms with Gasteiger partial charge in [0.25, 0.3) is 0 Å². The zero-order valence-corrected chi connectivity index (χ0v) is 22.7. The lowest BCUT2D eigenvalue weighted by molar-refractivity contribution is 0.0358. The van der Waals surface area contributed by atoms with Crippen molar-refractivity contribution >= 4 is 34.0 Å². The lowest BCUT2D eigenvalue weighted by atomic mass is 9.99. The summed E-state index contributed by atoms with van der Waals surface area (Å²) in [7, 11) is 0. The van der Waals surface area contributed by atoms with E-state index in [0.29, 0.717) is 29.9 Å². The van der Waals surface area contributed by atoms with Crippen molar-refractivity contribution in [1.29, 1.82) is 0 Å². The van der Waals surface area contributed by atoms with Gasteiger partial charge in [0.05, 0.1) is 30.4 Å². The molecule has 6 nitrogen and oxygen atoms in total. The van der Waals surface area contributed by atoms with Crippen LogP contribution in [0.5, 0.6) is 5.75 Å². The number of allylic oxidation sites excluding steroid dienone is 3. The van der Waals surface area contributed by atoms with Crippen molar-refractivity contribution in [3.05, 3.63) is 76.9 Å². The molecule has 1 saturated carbocycles. The molecule has 8 heteroatoms. The molecule has 1 aliphatic carbocycles. The van der Waals surface area contributed by atoms with E-state index < -0.39 is 5.82 Å². The summed E-state index contributed by atoms with van der Waals surface area (Å²) >= 11 is 6.00. The smallest absolute Gasteiger partial charge is 0.141 e. The quantitative estimate of drug-likeness (QED) is 0.225. The molecule has 38 heavy (non-hydrogen) atoms. The molecular weight excluding hydrogens is 503 g/mol. The zero-order valence-electron chi connectivity index (χ0n) is 22.0. The SMILES string of the molecule is C=CC(=C(C)C)C1CC1c1cc2c(Nc3ccc(F)c(Cl)c3)ncnc2cc1OCCCN1CCOCC1. The highest BCUT2D eigenvalue weighted by molar-refractivity contribution is 6.31. The van der Waals surface area contributed by atoms with Gasteiger partial charge in [-0.1, -0.05) is 29.8 Å². The number of fused-ring (bicyclic) bond motifs is 1. The molecule has 0 spiro atoms. The number of morpholine rings is 1. The van der Waals surface area contributed by atoms with Crippen molar-refractivity contribution in [2.45, 2.75) is 32.6 Å². The highest BCUT2D eigenvalue weighted by Gasteiger charge is 2.42. The van der Waals surface area contributed by atoms with Crippen LogP contribution >= 0.6 is 11.6 Å². The number of hydrogen-bond acceptors (Lipinski definition) is 6. The largest absolute Gasteiger partial charge is 0.493 e. The number of ether oxygens (including phenoxy) is 2. The first-order chi connectivity index (χ1) is 18.4. The lowest BCUT2D eigenvalue weighted by Gasteiger charge is -2.26. The van der Waals surface area contributed by atoms with Crippen LogP contribution in [0.25, 0.3) is 10.9 Å². The molecule has 2 atom stereocenters. The number of aromatic nitrogens is 2. The molecule has 3 aromatic rings. The first kappa shape index (κ1) is 26.6. The van der Waals surface area contributed by atoms with Gasteiger partial charge in [-0.25, -0.2) is 14.4 Å². The minimum Gasteiger partial charge on any atom is -0.493 e. The Kier molecular flexibility index (Phi) is 8.27. The molecule has 2 unspecified atom stereocenters. The summed E-state index contributed by atoms with van der Waals surface area (Å²) < 4.78 is 25.5. The molecule has 0 radical (unpaired) electrons. The normalized spacial score (nSPS) is 19.3. The lowest BCUT2D eigenvalue weighted by Crippen LogP contribution is -2.37. The van der Waals surface area contributed by atoms with Gasteiger partial charge in [-0.15, -0.1) is 0 Å². The molecular formula is C30H34ClFN4O2. The molecule has 0 amide bonds. The second-order valence-electron chi connectivity index (χ2n) is 10.1. The summed E-state index contributed by atoms with van der Waals surface area (Å²) in [6.07, 6.45) is 5.50. The standard InChI is InChI=1S/C30H34ClFN4O2/c1-4-21(19(2)3)22-15-23(22)24-16-25-28(17-29(24)38-11-5-8-36-9-12-37-13-10-36)33-18-34-30(25)35-20-6-7-27(32)26(31)14-20/h4,6-7,14,16-18,22-23H,1,5,8-13,15H2,2-3H3,(H,33,34,35). The summed E-state index contributed by atoms with van der Waals surface area (Å²) in [6.45, 7) is 13.5. The molecule has 2 heterocycles. The molecule has 2 aromatic carbocycles. The summed E-state index contributed by atoms with van der Waals surface area (Å²) in [4.78, 5) is 11.4. The maximum atomic E-state index is 13.7. The Bertz CT molecular complexity index is 1350. The average molecular weight is 537 g/mol. The van der Waals surface area contributed by atoms with Gasteiger partial charge in [0.15, 0.2) is 0 Å². The van der Waals surface area contributed by atoms with Gasteiger partial charge in [-0.05, 0) is 73.9 Å². The van der Waals surface area contributed by atoms with Crippen LogP contribution < -0.4 is 10.1 Å². The van der Waals surface area contributed by atoms with E-state index >= 15 is 0 Å². The molecule has 1 saturated heterocycles. The van der Waals surface area contributed by atoms with E-state index in [2.05, 4.69) is 46.7 Å². The van der Waals surface area contributed by atoms with Crippen molar-refractivity contribution in [1.82, 2.24) is 14.9 Å². The second-order valence-corrected chi connectivity index (χ2v) is 10.6. The van der Waals surface area contributed by atoms with Gasteiger partial charge < -0.3 is 14.8 Å². The Morgan fingerprint density at radius 3 is 2.79 bits per heavy atom. The van der Waals surface area contributed by atoms with E-state index in [4.69, 9.17) is 21.1 Å². The van der Waals surface area contributed by atoms with Gasteiger partial charge in [-0.2, -0.15) is 0 Å². The van der Waals surface area contributed by atoms with Crippen molar-refractivity contribution in [2.24, 2.45) is 5.92 Å². The van der Waals surface area contributed by atoms with Crippen molar-refractivity contribution in [3.63, 3.8) is 0 Å². The maximum Gasteiger partial charge on any atom is 0.141 e. The third-order valence-electron chi connectivity index (χ3n) is 7.32. The van der Waals surface area contributed by atoms with Crippen molar-refractivity contribution in [2.75, 3.05) is 44.8 Å². The first-order valence-electron chi connectivity index (χ1n) is 13.2. The summed E-state index contributed by atoms with van der Waals surface area (Å²) in [5, 5.41) is 4.23. The van der Waals surface area contributed by atoms with Crippen LogP contribution in [0.4, 0.5) is 15.9 Å². The van der Waals surface area contributed by atoms with Gasteiger partial charge in [0, 0.05) is 36.8 Å². The summed E-state index contributed by atoms with van der Waals surface area (Å²) in [5.41, 5.74) is 5.19. The predicted octanol–water partition coefficient (Wildman–Crippen LogP) is 6.89. The Hall–Kier alpha value is -3.00. The molecule has 1 aromatic heterocycles. The molecule has 200 valence electrons. The number of hydrogen-bond donors (Lipinski definition) is 1. The summed E-state index contributed by atoms with van der Waals surface area (Å²) in [5.74, 6) is 1.81. The first-order valence-corrected chi connectivity index (χ1v) is 13.6. The predicted molar refractivity (Wildman–Crippen MR) is 151 cm³/mol. The molecule has 1 N–H and O–H groups in total. The van der Waals surface area contributed by atoms with Crippen molar-refractivity contribution < 1.29 is 13.9 Å². The van der Waals surface area contributed by atoms with E-state index in [0.717, 1.165) is 67.9 Å². The monoisotopic (exact) mass is 536 g/mol. The van der Waals surface area contributed by atoms with Crippen LogP contribution in [0.1, 0.15) is 38.2 Å². The van der Waals surface area contributed by atoms with Crippen molar-refractivity contribution in [3.8, 4) is 5.75 Å². The van der Waals surface area contributed by atoms with E-state index in [-0.39, 0.29) is 5.02 Å². The van der Waals surface area contributed by atoms with Gasteiger partial charge in [0.2, 0.25) is 0 Å². The number of rotatable bonds is 10. The summed E-state index contributed by atoms with van der Waals surface area (Å²) in [6, 6.07) is 8.71. The molecule has 0 bridgehead atoms. The maximum absolute atomic E-state index is 13.7. The number of halogens is 2. The van der Waals surface area contributed by atoms with Crippen LogP contribution in [-0.4, -0.2) is 54.3 Å². The van der Waals surface area contributed by atoms with Crippen LogP contribution in [0.2, 0.25) is 5.02 Å². The molecule has 1 aliphatic heterocycles. The van der Waals surface area contributed by atoms with Crippen LogP contribution in [0, 0.1) is 11.7 Å². The molecule has 5 rings (SSSR count). The molecule has 2 fully saturated rings. The van der Waals surface area contributed by atoms with Gasteiger partial charge in [-0.3, -0.25) is 4.90 Å². The van der Waals surface area contributed by atoms with E-state index in [9.17, 15) is 4.39 Å². The van der Waals surface area contributed by atoms with E-state index in [1.807, 2.05) is 12.1 Å². The topological polar surface area (TPSA) is 59.5 Å². The third kappa shape index (κ3) is 6.01. The Labute approximate surface area is 228 Å². The number of nitrogens with one attached hydrogen (secondary N) is 1. The zero-order chi connectivity index (χ0) is 26.6. The number of anilines is 2. The highest BCUT2D eigenvalue weighted by Crippen LogP contribution is 2.55. The fourth-order valence-corrected chi connectivity index (χ4v) is 5.41. The Morgan fingerprint density at radius 2 is 2.05 bits per heavy atom. The van der Waals surface area contributed by atoms with E-state index in [1.54, 1.807) is 12.1 Å². The Morgan fingerprint density at radius 1 is 1.24 bits per heavy atom. The highest BCUT2D eigenvalue weighted by atomic mass is 35.5. The van der Waals surface area contributed by atoms with E-state index in [1.165, 1.54) is 23.5 Å². The third-order valence-corrected chi connectivity index (χ3v) is 7.61. The fourth-order valence-electron chi connectivity index (χ4n) is 5.23. The minimum atomic E-state index is -0.459. The van der Waals surface area contributed by atoms with Crippen LogP contribution in [0.3, 0.4) is 0 Å². The van der Waals surface area contributed by atoms with Crippen LogP contribution in [0.15, 0.2) is 60.5 Å². The van der Waals surface area contributed by atoms with Gasteiger partial charge in [0.1, 0.15) is 23.7 Å². The fraction of sp³-hybridized carbons (Fsp3) is 0.400. The Balaban J connectivity index is 1.43. The molecule has 2 aliphatic rings. The number of nitrogens with zero attached hydrogens (tertiary/aromatic N) is 3. The second kappa shape index (κ2) is 11.8. The van der Waals surface area contributed by atoms with Crippen LogP contribution in [-0.2, 0) is 4.74 Å². The average Bonchev–Trinajstić information content (AvgIpc) is 3.69. The minimum absolute atomic E-state index is 0.0568. The van der Waals surface area contributed by atoms with Gasteiger partial charge >= 0.3 is 0 Å². The number of benzene rings is 2.